The topological polar surface area (TPSA) is 39.7 Å². The summed E-state index contributed by atoms with van der Waals surface area (Å²) in [5.74, 6) is 1.57. The second-order valence-corrected chi connectivity index (χ2v) is 6.63. The average Bonchev–Trinajstić information content (AvgIpc) is 2.98. The molecular formula is C15H27IN4S. The summed E-state index contributed by atoms with van der Waals surface area (Å²) in [5, 5.41) is 10.5. The van der Waals surface area contributed by atoms with Gasteiger partial charge in [-0.05, 0) is 36.3 Å². The quantitative estimate of drug-likeness (QED) is 0.445. The van der Waals surface area contributed by atoms with Crippen LogP contribution < -0.4 is 15.5 Å². The van der Waals surface area contributed by atoms with E-state index in [9.17, 15) is 0 Å². The SMILES string of the molecule is CN=C(NCC(C)C)NC1CCN(c2cccs2)CC1.I. The van der Waals surface area contributed by atoms with Crippen LogP contribution in [0, 0.1) is 5.92 Å². The van der Waals surface area contributed by atoms with Crippen LogP contribution in [-0.4, -0.2) is 38.7 Å². The molecule has 2 heterocycles. The zero-order valence-electron chi connectivity index (χ0n) is 13.1. The van der Waals surface area contributed by atoms with E-state index in [4.69, 9.17) is 0 Å². The molecule has 0 amide bonds. The maximum absolute atomic E-state index is 4.31. The fraction of sp³-hybridized carbons (Fsp3) is 0.667. The van der Waals surface area contributed by atoms with Gasteiger partial charge in [-0.1, -0.05) is 13.8 Å². The van der Waals surface area contributed by atoms with Crippen LogP contribution in [0.3, 0.4) is 0 Å². The molecule has 1 aliphatic heterocycles. The molecule has 1 aromatic heterocycles. The number of anilines is 1. The van der Waals surface area contributed by atoms with E-state index in [0.29, 0.717) is 12.0 Å². The summed E-state index contributed by atoms with van der Waals surface area (Å²) >= 11 is 1.83. The molecule has 120 valence electrons. The molecule has 21 heavy (non-hydrogen) atoms. The van der Waals surface area contributed by atoms with Crippen LogP contribution in [0.25, 0.3) is 0 Å². The molecule has 0 unspecified atom stereocenters. The first-order chi connectivity index (χ1) is 9.69. The molecule has 2 rings (SSSR count). The number of rotatable bonds is 4. The third-order valence-electron chi connectivity index (χ3n) is 3.55. The van der Waals surface area contributed by atoms with Crippen LogP contribution in [0.5, 0.6) is 0 Å². The van der Waals surface area contributed by atoms with E-state index in [1.54, 1.807) is 0 Å². The number of thiophene rings is 1. The fourth-order valence-electron chi connectivity index (χ4n) is 2.38. The highest BCUT2D eigenvalue weighted by atomic mass is 127. The van der Waals surface area contributed by atoms with Gasteiger partial charge in [-0.2, -0.15) is 0 Å². The molecule has 1 fully saturated rings. The van der Waals surface area contributed by atoms with Crippen LogP contribution in [0.4, 0.5) is 5.00 Å². The Bertz CT molecular complexity index is 411. The van der Waals surface area contributed by atoms with Crippen molar-refractivity contribution < 1.29 is 0 Å². The number of nitrogens with zero attached hydrogens (tertiary/aromatic N) is 2. The van der Waals surface area contributed by atoms with E-state index in [0.717, 1.165) is 25.6 Å². The summed E-state index contributed by atoms with van der Waals surface area (Å²) in [5.41, 5.74) is 0. The van der Waals surface area contributed by atoms with Crippen molar-refractivity contribution in [2.75, 3.05) is 31.6 Å². The standard InChI is InChI=1S/C15H26N4S.HI/c1-12(2)11-17-15(16-3)18-13-6-8-19(9-7-13)14-5-4-10-20-14;/h4-5,10,12-13H,6-9,11H2,1-3H3,(H2,16,17,18);1H. The highest BCUT2D eigenvalue weighted by molar-refractivity contribution is 14.0. The van der Waals surface area contributed by atoms with Gasteiger partial charge in [0.15, 0.2) is 5.96 Å². The van der Waals surface area contributed by atoms with Crippen LogP contribution >= 0.6 is 35.3 Å². The first-order valence-corrected chi connectivity index (χ1v) is 8.32. The van der Waals surface area contributed by atoms with Gasteiger partial charge in [0, 0.05) is 32.7 Å². The molecule has 4 nitrogen and oxygen atoms in total. The van der Waals surface area contributed by atoms with Crippen LogP contribution in [0.2, 0.25) is 0 Å². The number of hydrogen-bond donors (Lipinski definition) is 2. The lowest BCUT2D eigenvalue weighted by molar-refractivity contribution is 0.461. The lowest BCUT2D eigenvalue weighted by Gasteiger charge is -2.33. The monoisotopic (exact) mass is 422 g/mol. The summed E-state index contributed by atoms with van der Waals surface area (Å²) in [7, 11) is 1.84. The molecule has 1 aliphatic rings. The van der Waals surface area contributed by atoms with Gasteiger partial charge in [0.25, 0.3) is 0 Å². The van der Waals surface area contributed by atoms with E-state index in [2.05, 4.69) is 51.9 Å². The van der Waals surface area contributed by atoms with Gasteiger partial charge in [0.2, 0.25) is 0 Å². The number of aliphatic imine (C=N–C) groups is 1. The van der Waals surface area contributed by atoms with Crippen molar-refractivity contribution >= 4 is 46.3 Å². The minimum absolute atomic E-state index is 0. The van der Waals surface area contributed by atoms with E-state index >= 15 is 0 Å². The van der Waals surface area contributed by atoms with Crippen LogP contribution in [0.1, 0.15) is 26.7 Å². The third kappa shape index (κ3) is 6.02. The Morgan fingerprint density at radius 1 is 1.43 bits per heavy atom. The van der Waals surface area contributed by atoms with Gasteiger partial charge in [0.1, 0.15) is 0 Å². The first kappa shape index (κ1) is 18.5. The van der Waals surface area contributed by atoms with E-state index in [-0.39, 0.29) is 24.0 Å². The van der Waals surface area contributed by atoms with Crippen LogP contribution in [-0.2, 0) is 0 Å². The van der Waals surface area contributed by atoms with Crippen LogP contribution in [0.15, 0.2) is 22.5 Å². The third-order valence-corrected chi connectivity index (χ3v) is 4.48. The number of piperidine rings is 1. The number of nitrogens with one attached hydrogen (secondary N) is 2. The Morgan fingerprint density at radius 3 is 2.67 bits per heavy atom. The smallest absolute Gasteiger partial charge is 0.191 e. The summed E-state index contributed by atoms with van der Waals surface area (Å²) in [6.45, 7) is 7.63. The molecule has 0 radical (unpaired) electrons. The molecule has 0 aliphatic carbocycles. The molecule has 1 aromatic rings. The number of guanidine groups is 1. The predicted molar refractivity (Wildman–Crippen MR) is 104 cm³/mol. The Morgan fingerprint density at radius 2 is 2.14 bits per heavy atom. The molecule has 0 atom stereocenters. The molecule has 0 aromatic carbocycles. The Hall–Kier alpha value is -0.500. The van der Waals surface area contributed by atoms with Crippen molar-refractivity contribution in [2.24, 2.45) is 10.9 Å². The summed E-state index contributed by atoms with van der Waals surface area (Å²) in [6, 6.07) is 4.87. The molecule has 0 saturated carbocycles. The van der Waals surface area contributed by atoms with E-state index in [1.807, 2.05) is 18.4 Å². The molecule has 1 saturated heterocycles. The summed E-state index contributed by atoms with van der Waals surface area (Å²) < 4.78 is 0. The zero-order valence-corrected chi connectivity index (χ0v) is 16.3. The first-order valence-electron chi connectivity index (χ1n) is 7.44. The van der Waals surface area contributed by atoms with Crippen molar-refractivity contribution in [3.63, 3.8) is 0 Å². The normalized spacial score (nSPS) is 16.8. The average molecular weight is 422 g/mol. The zero-order chi connectivity index (χ0) is 14.4. The lowest BCUT2D eigenvalue weighted by Crippen LogP contribution is -2.49. The van der Waals surface area contributed by atoms with Crippen molar-refractivity contribution in [1.82, 2.24) is 10.6 Å². The molecule has 0 bridgehead atoms. The van der Waals surface area contributed by atoms with Gasteiger partial charge in [-0.25, -0.2) is 0 Å². The number of hydrogen-bond acceptors (Lipinski definition) is 3. The molecule has 0 spiro atoms. The molecule has 2 N–H and O–H groups in total. The van der Waals surface area contributed by atoms with Crippen molar-refractivity contribution in [1.29, 1.82) is 0 Å². The summed E-state index contributed by atoms with van der Waals surface area (Å²) in [4.78, 5) is 6.79. The summed E-state index contributed by atoms with van der Waals surface area (Å²) in [6.07, 6.45) is 2.33. The van der Waals surface area contributed by atoms with Gasteiger partial charge < -0.3 is 15.5 Å². The van der Waals surface area contributed by atoms with Gasteiger partial charge >= 0.3 is 0 Å². The van der Waals surface area contributed by atoms with Crippen molar-refractivity contribution in [3.8, 4) is 0 Å². The maximum Gasteiger partial charge on any atom is 0.191 e. The van der Waals surface area contributed by atoms with Crippen molar-refractivity contribution in [3.05, 3.63) is 17.5 Å². The molecule has 6 heteroatoms. The second kappa shape index (κ2) is 9.50. The van der Waals surface area contributed by atoms with E-state index < -0.39 is 0 Å². The Kier molecular flexibility index (Phi) is 8.39. The lowest BCUT2D eigenvalue weighted by atomic mass is 10.1. The minimum Gasteiger partial charge on any atom is -0.363 e. The fourth-order valence-corrected chi connectivity index (χ4v) is 3.17. The number of halogens is 1. The Balaban J connectivity index is 0.00000220. The van der Waals surface area contributed by atoms with E-state index in [1.165, 1.54) is 17.8 Å². The van der Waals surface area contributed by atoms with Gasteiger partial charge in [-0.15, -0.1) is 35.3 Å². The van der Waals surface area contributed by atoms with Gasteiger partial charge in [-0.3, -0.25) is 4.99 Å². The minimum atomic E-state index is 0. The highest BCUT2D eigenvalue weighted by Gasteiger charge is 2.20. The van der Waals surface area contributed by atoms with Crippen molar-refractivity contribution in [2.45, 2.75) is 32.7 Å². The van der Waals surface area contributed by atoms with Gasteiger partial charge in [0.05, 0.1) is 5.00 Å². The maximum atomic E-state index is 4.31. The predicted octanol–water partition coefficient (Wildman–Crippen LogP) is 3.16. The second-order valence-electron chi connectivity index (χ2n) is 5.70. The molecular weight excluding hydrogens is 395 g/mol. The Labute approximate surface area is 149 Å². The largest absolute Gasteiger partial charge is 0.363 e. The highest BCUT2D eigenvalue weighted by Crippen LogP contribution is 2.24.